The number of carbonyl (C=O) groups excluding carboxylic acids is 4. The smallest absolute Gasteiger partial charge is 0.303 e. The molecule has 0 bridgehead atoms. The maximum absolute atomic E-state index is 12.3. The van der Waals surface area contributed by atoms with Crippen LogP contribution >= 0.6 is 11.8 Å². The first kappa shape index (κ1) is 29.7. The molecule has 4 rings (SSSR count). The van der Waals surface area contributed by atoms with Gasteiger partial charge in [-0.15, -0.1) is 10.2 Å². The molecule has 2 aromatic heterocycles. The number of thioether (sulfide) groups is 1. The molecule has 0 aliphatic carbocycles. The average Bonchev–Trinajstić information content (AvgIpc) is 3.34. The number of hydrogen-bond acceptors (Lipinski definition) is 12. The SMILES string of the molecule is CC(=O)NC1C(Sc2nnc(-c3ccncc3)n2-c2ccccc2)OC(COC(C)=O)C(OC(C)=O)C1OC(C)=O. The van der Waals surface area contributed by atoms with E-state index in [-0.39, 0.29) is 6.61 Å². The molecule has 5 atom stereocenters. The molecule has 14 heteroatoms. The highest BCUT2D eigenvalue weighted by atomic mass is 32.2. The van der Waals surface area contributed by atoms with E-state index in [4.69, 9.17) is 18.9 Å². The molecule has 0 saturated carbocycles. The number of nitrogens with zero attached hydrogens (tertiary/aromatic N) is 4. The van der Waals surface area contributed by atoms with E-state index in [2.05, 4.69) is 20.5 Å². The third-order valence-electron chi connectivity index (χ3n) is 5.88. The van der Waals surface area contributed by atoms with Crippen molar-refractivity contribution in [2.24, 2.45) is 0 Å². The van der Waals surface area contributed by atoms with E-state index in [0.717, 1.165) is 23.0 Å². The number of benzene rings is 1. The first-order valence-corrected chi connectivity index (χ1v) is 13.5. The molecule has 216 valence electrons. The van der Waals surface area contributed by atoms with Gasteiger partial charge in [0.15, 0.2) is 23.2 Å². The number of amides is 1. The molecule has 3 heterocycles. The van der Waals surface area contributed by atoms with Crippen LogP contribution in [0.5, 0.6) is 0 Å². The van der Waals surface area contributed by atoms with E-state index in [9.17, 15) is 19.2 Å². The van der Waals surface area contributed by atoms with Crippen molar-refractivity contribution in [2.75, 3.05) is 6.61 Å². The topological polar surface area (TPSA) is 161 Å². The van der Waals surface area contributed by atoms with Crippen molar-refractivity contribution < 1.29 is 38.1 Å². The molecule has 0 radical (unpaired) electrons. The van der Waals surface area contributed by atoms with E-state index in [0.29, 0.717) is 11.0 Å². The predicted molar refractivity (Wildman–Crippen MR) is 144 cm³/mol. The number of aromatic nitrogens is 4. The standard InChI is InChI=1S/C27H29N5O8S/c1-15(33)29-22-24(39-18(4)36)23(38-17(3)35)21(14-37-16(2)34)40-26(22)41-27-31-30-25(19-10-12-28-13-11-19)32(27)20-8-6-5-7-9-20/h5-13,21-24,26H,14H2,1-4H3,(H,29,33). The first-order chi connectivity index (χ1) is 19.6. The number of pyridine rings is 1. The summed E-state index contributed by atoms with van der Waals surface area (Å²) >= 11 is 1.11. The van der Waals surface area contributed by atoms with Crippen LogP contribution in [0.4, 0.5) is 0 Å². The average molecular weight is 584 g/mol. The van der Waals surface area contributed by atoms with Gasteiger partial charge in [0, 0.05) is 51.3 Å². The second kappa shape index (κ2) is 13.4. The van der Waals surface area contributed by atoms with Crippen LogP contribution in [0.2, 0.25) is 0 Å². The Labute approximate surface area is 239 Å². The zero-order chi connectivity index (χ0) is 29.5. The van der Waals surface area contributed by atoms with Gasteiger partial charge in [-0.05, 0) is 24.3 Å². The van der Waals surface area contributed by atoms with Crippen LogP contribution in [0, 0.1) is 0 Å². The zero-order valence-corrected chi connectivity index (χ0v) is 23.6. The minimum absolute atomic E-state index is 0.303. The molecule has 1 aromatic carbocycles. The summed E-state index contributed by atoms with van der Waals surface area (Å²) in [5, 5.41) is 12.0. The molecule has 1 fully saturated rings. The Hall–Kier alpha value is -4.30. The maximum atomic E-state index is 12.3. The molecular weight excluding hydrogens is 554 g/mol. The fraction of sp³-hybridized carbons (Fsp3) is 0.370. The normalized spacial score (nSPS) is 21.9. The van der Waals surface area contributed by atoms with Gasteiger partial charge in [-0.3, -0.25) is 28.7 Å². The third kappa shape index (κ3) is 7.46. The van der Waals surface area contributed by atoms with E-state index in [1.54, 1.807) is 24.5 Å². The summed E-state index contributed by atoms with van der Waals surface area (Å²) in [5.74, 6) is -1.85. The van der Waals surface area contributed by atoms with E-state index >= 15 is 0 Å². The molecule has 0 spiro atoms. The van der Waals surface area contributed by atoms with Crippen molar-refractivity contribution in [2.45, 2.75) is 62.6 Å². The van der Waals surface area contributed by atoms with Gasteiger partial charge in [0.05, 0.1) is 0 Å². The monoisotopic (exact) mass is 583 g/mol. The number of para-hydroxylation sites is 1. The number of ether oxygens (including phenoxy) is 4. The minimum atomic E-state index is -1.19. The largest absolute Gasteiger partial charge is 0.463 e. The fourth-order valence-corrected chi connectivity index (χ4v) is 5.50. The van der Waals surface area contributed by atoms with Gasteiger partial charge < -0.3 is 24.3 Å². The van der Waals surface area contributed by atoms with Crippen LogP contribution in [-0.2, 0) is 38.1 Å². The fourth-order valence-electron chi connectivity index (χ4n) is 4.34. The molecule has 13 nitrogen and oxygen atoms in total. The summed E-state index contributed by atoms with van der Waals surface area (Å²) in [5.41, 5.74) is 0.559. The van der Waals surface area contributed by atoms with Gasteiger partial charge in [-0.2, -0.15) is 0 Å². The van der Waals surface area contributed by atoms with Crippen LogP contribution in [0.15, 0.2) is 60.0 Å². The van der Waals surface area contributed by atoms with Crippen molar-refractivity contribution in [3.05, 3.63) is 54.9 Å². The molecule has 1 N–H and O–H groups in total. The predicted octanol–water partition coefficient (Wildman–Crippen LogP) is 2.08. The molecule has 1 saturated heterocycles. The first-order valence-electron chi connectivity index (χ1n) is 12.6. The second-order valence-electron chi connectivity index (χ2n) is 9.05. The van der Waals surface area contributed by atoms with Gasteiger partial charge in [0.25, 0.3) is 0 Å². The van der Waals surface area contributed by atoms with E-state index < -0.39 is 53.6 Å². The van der Waals surface area contributed by atoms with Gasteiger partial charge in [-0.1, -0.05) is 30.0 Å². The van der Waals surface area contributed by atoms with Crippen LogP contribution in [0.1, 0.15) is 27.7 Å². The van der Waals surface area contributed by atoms with Gasteiger partial charge >= 0.3 is 17.9 Å². The minimum Gasteiger partial charge on any atom is -0.463 e. The van der Waals surface area contributed by atoms with Crippen molar-refractivity contribution >= 4 is 35.6 Å². The van der Waals surface area contributed by atoms with Gasteiger partial charge in [0.2, 0.25) is 5.91 Å². The van der Waals surface area contributed by atoms with Crippen molar-refractivity contribution in [1.82, 2.24) is 25.1 Å². The quantitative estimate of drug-likeness (QED) is 0.289. The molecular formula is C27H29N5O8S. The Bertz CT molecular complexity index is 1390. The highest BCUT2D eigenvalue weighted by molar-refractivity contribution is 7.99. The molecule has 1 amide bonds. The molecule has 5 unspecified atom stereocenters. The van der Waals surface area contributed by atoms with Crippen LogP contribution in [0.3, 0.4) is 0 Å². The lowest BCUT2D eigenvalue weighted by Crippen LogP contribution is -2.65. The summed E-state index contributed by atoms with van der Waals surface area (Å²) in [6.07, 6.45) is -0.130. The van der Waals surface area contributed by atoms with Crippen molar-refractivity contribution in [1.29, 1.82) is 0 Å². The lowest BCUT2D eigenvalue weighted by atomic mass is 9.97. The van der Waals surface area contributed by atoms with Crippen LogP contribution in [-0.4, -0.2) is 80.0 Å². The molecule has 1 aliphatic rings. The van der Waals surface area contributed by atoms with Gasteiger partial charge in [0.1, 0.15) is 24.2 Å². The van der Waals surface area contributed by atoms with E-state index in [1.165, 1.54) is 27.7 Å². The van der Waals surface area contributed by atoms with Crippen molar-refractivity contribution in [3.8, 4) is 17.1 Å². The van der Waals surface area contributed by atoms with Gasteiger partial charge in [-0.25, -0.2) is 0 Å². The lowest BCUT2D eigenvalue weighted by Gasteiger charge is -2.44. The zero-order valence-electron chi connectivity index (χ0n) is 22.8. The Morgan fingerprint density at radius 2 is 1.56 bits per heavy atom. The number of hydrogen-bond donors (Lipinski definition) is 1. The van der Waals surface area contributed by atoms with Crippen LogP contribution < -0.4 is 5.32 Å². The number of rotatable bonds is 9. The van der Waals surface area contributed by atoms with Crippen LogP contribution in [0.25, 0.3) is 17.1 Å². The summed E-state index contributed by atoms with van der Waals surface area (Å²) in [6, 6.07) is 12.0. The summed E-state index contributed by atoms with van der Waals surface area (Å²) in [4.78, 5) is 52.2. The lowest BCUT2D eigenvalue weighted by molar-refractivity contribution is -0.211. The Balaban J connectivity index is 1.79. The summed E-state index contributed by atoms with van der Waals surface area (Å²) < 4.78 is 24.4. The Morgan fingerprint density at radius 1 is 0.902 bits per heavy atom. The molecule has 1 aliphatic heterocycles. The summed E-state index contributed by atoms with van der Waals surface area (Å²) in [6.45, 7) is 4.60. The summed E-state index contributed by atoms with van der Waals surface area (Å²) in [7, 11) is 0. The number of nitrogens with one attached hydrogen (secondary N) is 1. The molecule has 41 heavy (non-hydrogen) atoms. The maximum Gasteiger partial charge on any atom is 0.303 e. The molecule has 3 aromatic rings. The highest BCUT2D eigenvalue weighted by Crippen LogP contribution is 2.37. The number of esters is 3. The van der Waals surface area contributed by atoms with Crippen molar-refractivity contribution in [3.63, 3.8) is 0 Å². The van der Waals surface area contributed by atoms with E-state index in [1.807, 2.05) is 34.9 Å². The Kier molecular flexibility index (Phi) is 9.68. The highest BCUT2D eigenvalue weighted by Gasteiger charge is 2.51. The third-order valence-corrected chi connectivity index (χ3v) is 6.99. The number of carbonyl (C=O) groups is 4. The Morgan fingerprint density at radius 3 is 2.17 bits per heavy atom. The second-order valence-corrected chi connectivity index (χ2v) is 10.1.